The van der Waals surface area contributed by atoms with E-state index in [4.69, 9.17) is 4.74 Å². The Labute approximate surface area is 414 Å². The lowest BCUT2D eigenvalue weighted by Crippen LogP contribution is -2.46. The number of carbonyl (C=O) groups excluding carboxylic acids is 2. The van der Waals surface area contributed by atoms with E-state index in [2.05, 4.69) is 105 Å². The first-order valence-electron chi connectivity index (χ1n) is 28.3. The maximum atomic E-state index is 13.3. The Morgan fingerprint density at radius 3 is 1.30 bits per heavy atom. The van der Waals surface area contributed by atoms with Crippen molar-refractivity contribution in [2.24, 2.45) is 0 Å². The van der Waals surface area contributed by atoms with Crippen molar-refractivity contribution >= 4 is 11.9 Å². The van der Waals surface area contributed by atoms with Crippen molar-refractivity contribution in [3.63, 3.8) is 0 Å². The number of aliphatic hydroxyl groups excluding tert-OH is 2. The number of aliphatic hydroxyl groups is 2. The second-order valence-electron chi connectivity index (χ2n) is 19.0. The topological polar surface area (TPSA) is 95.9 Å². The molecule has 0 saturated carbocycles. The maximum Gasteiger partial charge on any atom is 0.306 e. The summed E-state index contributed by atoms with van der Waals surface area (Å²) in [6.45, 7) is 6.36. The van der Waals surface area contributed by atoms with Crippen LogP contribution in [0.25, 0.3) is 0 Å². The van der Waals surface area contributed by atoms with Crippen molar-refractivity contribution in [1.29, 1.82) is 0 Å². The van der Waals surface area contributed by atoms with Crippen LogP contribution < -0.4 is 5.32 Å². The van der Waals surface area contributed by atoms with Crippen molar-refractivity contribution < 1.29 is 24.5 Å². The Morgan fingerprint density at radius 1 is 0.463 bits per heavy atom. The predicted octanol–water partition coefficient (Wildman–Crippen LogP) is 17.5. The number of unbranched alkanes of at least 4 members (excludes halogenated alkanes) is 25. The molecule has 0 aromatic carbocycles. The molecule has 0 aliphatic heterocycles. The highest BCUT2D eigenvalue weighted by Crippen LogP contribution is 2.17. The second-order valence-corrected chi connectivity index (χ2v) is 19.0. The van der Waals surface area contributed by atoms with Gasteiger partial charge in [-0.3, -0.25) is 9.59 Å². The van der Waals surface area contributed by atoms with Crippen LogP contribution in [0.15, 0.2) is 85.1 Å². The molecule has 0 rings (SSSR count). The Bertz CT molecular complexity index is 1280. The molecule has 0 aromatic rings. The molecule has 3 unspecified atom stereocenters. The number of ether oxygens (including phenoxy) is 1. The van der Waals surface area contributed by atoms with E-state index in [1.54, 1.807) is 0 Å². The van der Waals surface area contributed by atoms with E-state index < -0.39 is 18.2 Å². The highest BCUT2D eigenvalue weighted by atomic mass is 16.5. The monoisotopic (exact) mass is 934 g/mol. The number of nitrogens with one attached hydrogen (secondary N) is 1. The highest BCUT2D eigenvalue weighted by Gasteiger charge is 2.24. The maximum absolute atomic E-state index is 13.3. The van der Waals surface area contributed by atoms with Gasteiger partial charge in [-0.05, 0) is 83.5 Å². The van der Waals surface area contributed by atoms with Gasteiger partial charge in [-0.2, -0.15) is 0 Å². The van der Waals surface area contributed by atoms with Crippen LogP contribution in [-0.2, 0) is 14.3 Å². The SMILES string of the molecule is CC/C=C/C/C=C/C/C=C/C/C=C/C/C=C/CCC(=O)OC(CCCCC/C=C/C=C/CCCCCCCCC)CC(=O)NC(CO)C(O)CCCCCCCCCCCCCCCCCC. The van der Waals surface area contributed by atoms with Gasteiger partial charge in [0.1, 0.15) is 6.10 Å². The first kappa shape index (κ1) is 64.0. The van der Waals surface area contributed by atoms with Gasteiger partial charge in [-0.1, -0.05) is 254 Å². The third-order valence-corrected chi connectivity index (χ3v) is 12.5. The van der Waals surface area contributed by atoms with E-state index in [0.29, 0.717) is 19.3 Å². The van der Waals surface area contributed by atoms with Crippen LogP contribution in [0.1, 0.15) is 265 Å². The molecule has 0 radical (unpaired) electrons. The zero-order valence-electron chi connectivity index (χ0n) is 44.0. The van der Waals surface area contributed by atoms with E-state index >= 15 is 0 Å². The summed E-state index contributed by atoms with van der Waals surface area (Å²) in [6.07, 6.45) is 70.8. The minimum absolute atomic E-state index is 0.0269. The summed E-state index contributed by atoms with van der Waals surface area (Å²) in [5, 5.41) is 23.9. The molecule has 1 amide bonds. The molecule has 0 bridgehead atoms. The van der Waals surface area contributed by atoms with Gasteiger partial charge in [-0.25, -0.2) is 0 Å². The summed E-state index contributed by atoms with van der Waals surface area (Å²) in [7, 11) is 0. The van der Waals surface area contributed by atoms with Crippen molar-refractivity contribution in [1.82, 2.24) is 5.32 Å². The molecule has 0 saturated heterocycles. The molecule has 6 heteroatoms. The summed E-state index contributed by atoms with van der Waals surface area (Å²) in [5.41, 5.74) is 0. The number of hydrogen-bond donors (Lipinski definition) is 3. The first-order valence-corrected chi connectivity index (χ1v) is 28.3. The Morgan fingerprint density at radius 2 is 0.851 bits per heavy atom. The van der Waals surface area contributed by atoms with Crippen LogP contribution in [0.4, 0.5) is 0 Å². The Kier molecular flexibility index (Phi) is 51.6. The van der Waals surface area contributed by atoms with E-state index in [1.807, 2.05) is 6.08 Å². The van der Waals surface area contributed by atoms with Crippen LogP contribution in [0.2, 0.25) is 0 Å². The van der Waals surface area contributed by atoms with Gasteiger partial charge in [0, 0.05) is 6.42 Å². The van der Waals surface area contributed by atoms with Gasteiger partial charge in [0.05, 0.1) is 25.2 Å². The summed E-state index contributed by atoms with van der Waals surface area (Å²) in [6, 6.07) is -0.730. The van der Waals surface area contributed by atoms with E-state index in [0.717, 1.165) is 83.5 Å². The van der Waals surface area contributed by atoms with Crippen molar-refractivity contribution in [3.8, 4) is 0 Å². The van der Waals surface area contributed by atoms with Crippen molar-refractivity contribution in [2.75, 3.05) is 6.61 Å². The number of esters is 1. The third-order valence-electron chi connectivity index (χ3n) is 12.5. The van der Waals surface area contributed by atoms with Gasteiger partial charge >= 0.3 is 5.97 Å². The standard InChI is InChI=1S/C61H107NO5/c1-4-7-10-13-16-19-22-25-28-31-34-37-40-43-46-49-52-57(67-61(66)54-51-48-45-42-39-36-33-30-27-24-21-18-15-12-9-6-3)55-60(65)62-58(56-63)59(64)53-50-47-44-41-38-35-32-29-26-23-20-17-14-11-8-5-2/h9,12,18,21,27-28,30-31,34,36-37,39,45,48,57-59,63-64H,4-8,10-11,13-17,19-20,22-26,29,32-33,35,38,40-44,46-47,49-56H2,1-3H3,(H,62,65)/b12-9+,21-18+,30-27+,31-28+,37-34+,39-36+,48-45+. The number of carbonyl (C=O) groups is 2. The van der Waals surface area contributed by atoms with Gasteiger partial charge in [0.15, 0.2) is 0 Å². The van der Waals surface area contributed by atoms with Crippen LogP contribution in [0.5, 0.6) is 0 Å². The minimum atomic E-state index is -0.812. The van der Waals surface area contributed by atoms with Gasteiger partial charge in [0.25, 0.3) is 0 Å². The van der Waals surface area contributed by atoms with E-state index in [9.17, 15) is 19.8 Å². The Balaban J connectivity index is 4.71. The quantitative estimate of drug-likeness (QED) is 0.0244. The molecule has 3 N–H and O–H groups in total. The van der Waals surface area contributed by atoms with Gasteiger partial charge < -0.3 is 20.3 Å². The number of rotatable bonds is 50. The van der Waals surface area contributed by atoms with E-state index in [1.165, 1.54) is 128 Å². The number of hydrogen-bond acceptors (Lipinski definition) is 5. The number of allylic oxidation sites excluding steroid dienone is 14. The van der Waals surface area contributed by atoms with Crippen LogP contribution in [-0.4, -0.2) is 46.9 Å². The molecular weight excluding hydrogens is 827 g/mol. The molecule has 0 aliphatic rings. The fraction of sp³-hybridized carbons (Fsp3) is 0.738. The molecule has 67 heavy (non-hydrogen) atoms. The van der Waals surface area contributed by atoms with Crippen LogP contribution in [0.3, 0.4) is 0 Å². The fourth-order valence-corrected chi connectivity index (χ4v) is 8.24. The molecule has 386 valence electrons. The molecule has 0 aromatic heterocycles. The molecule has 0 aliphatic carbocycles. The lowest BCUT2D eigenvalue weighted by atomic mass is 10.0. The lowest BCUT2D eigenvalue weighted by Gasteiger charge is -2.24. The molecule has 0 spiro atoms. The summed E-state index contributed by atoms with van der Waals surface area (Å²) in [5.74, 6) is -0.598. The lowest BCUT2D eigenvalue weighted by molar-refractivity contribution is -0.150. The van der Waals surface area contributed by atoms with Crippen LogP contribution >= 0.6 is 0 Å². The molecule has 0 heterocycles. The van der Waals surface area contributed by atoms with Crippen molar-refractivity contribution in [3.05, 3.63) is 85.1 Å². The third kappa shape index (κ3) is 49.3. The number of amides is 1. The predicted molar refractivity (Wildman–Crippen MR) is 291 cm³/mol. The van der Waals surface area contributed by atoms with Crippen molar-refractivity contribution in [2.45, 2.75) is 283 Å². The molecule has 6 nitrogen and oxygen atoms in total. The molecular formula is C61H107NO5. The first-order chi connectivity index (χ1) is 33.0. The zero-order valence-corrected chi connectivity index (χ0v) is 44.0. The smallest absolute Gasteiger partial charge is 0.306 e. The highest BCUT2D eigenvalue weighted by molar-refractivity contribution is 5.77. The average Bonchev–Trinajstić information content (AvgIpc) is 3.32. The molecule has 3 atom stereocenters. The second kappa shape index (κ2) is 54.0. The van der Waals surface area contributed by atoms with Crippen LogP contribution in [0, 0.1) is 0 Å². The fourth-order valence-electron chi connectivity index (χ4n) is 8.24. The summed E-state index contributed by atoms with van der Waals surface area (Å²) < 4.78 is 5.90. The Hall–Kier alpha value is -2.96. The summed E-state index contributed by atoms with van der Waals surface area (Å²) in [4.78, 5) is 26.2. The normalized spacial score (nSPS) is 13.8. The molecule has 0 fully saturated rings. The largest absolute Gasteiger partial charge is 0.462 e. The summed E-state index contributed by atoms with van der Waals surface area (Å²) >= 11 is 0. The van der Waals surface area contributed by atoms with E-state index in [-0.39, 0.29) is 31.3 Å². The average molecular weight is 935 g/mol. The van der Waals surface area contributed by atoms with Gasteiger partial charge in [0.2, 0.25) is 5.91 Å². The van der Waals surface area contributed by atoms with Gasteiger partial charge in [-0.15, -0.1) is 0 Å². The zero-order chi connectivity index (χ0) is 48.8. The minimum Gasteiger partial charge on any atom is -0.462 e.